The molecule has 0 bridgehead atoms. The van der Waals surface area contributed by atoms with Crippen molar-refractivity contribution in [1.82, 2.24) is 15.3 Å². The number of carbonyl (C=O) groups is 2. The molecule has 1 aromatic heterocycles. The highest BCUT2D eigenvalue weighted by molar-refractivity contribution is 9.10. The number of rotatable bonds is 7. The lowest BCUT2D eigenvalue weighted by molar-refractivity contribution is -0.141. The van der Waals surface area contributed by atoms with Gasteiger partial charge in [-0.3, -0.25) is 9.59 Å². The normalized spacial score (nSPS) is 12.2. The van der Waals surface area contributed by atoms with E-state index in [0.29, 0.717) is 17.8 Å². The minimum atomic E-state index is -0.950. The average Bonchev–Trinajstić information content (AvgIpc) is 2.76. The third-order valence-electron chi connectivity index (χ3n) is 5.19. The van der Waals surface area contributed by atoms with Gasteiger partial charge in [0.15, 0.2) is 5.82 Å². The maximum Gasteiger partial charge on any atom is 0.308 e. The third-order valence-corrected chi connectivity index (χ3v) is 5.60. The Kier molecular flexibility index (Phi) is 7.40. The van der Waals surface area contributed by atoms with E-state index in [0.717, 1.165) is 21.2 Å². The molecule has 3 rings (SSSR count). The number of benzene rings is 2. The molecule has 1 amide bonds. The van der Waals surface area contributed by atoms with Crippen LogP contribution < -0.4 is 5.32 Å². The number of amides is 1. The molecule has 0 fully saturated rings. The van der Waals surface area contributed by atoms with Gasteiger partial charge in [0.1, 0.15) is 0 Å². The minimum Gasteiger partial charge on any atom is -0.481 e. The maximum absolute atomic E-state index is 12.5. The van der Waals surface area contributed by atoms with Crippen LogP contribution in [0.15, 0.2) is 65.4 Å². The van der Waals surface area contributed by atoms with E-state index in [1.807, 2.05) is 36.4 Å². The Labute approximate surface area is 196 Å². The molecule has 2 aromatic carbocycles. The maximum atomic E-state index is 12.5. The molecule has 6 nitrogen and oxygen atoms in total. The van der Waals surface area contributed by atoms with E-state index in [2.05, 4.69) is 52.0 Å². The van der Waals surface area contributed by atoms with Gasteiger partial charge in [-0.15, -0.1) is 0 Å². The summed E-state index contributed by atoms with van der Waals surface area (Å²) in [5.74, 6) is -1.37. The molecule has 1 heterocycles. The molecule has 0 spiro atoms. The molecule has 0 saturated carbocycles. The van der Waals surface area contributed by atoms with Crippen LogP contribution in [0.25, 0.3) is 11.4 Å². The Bertz CT molecular complexity index is 1070. The van der Waals surface area contributed by atoms with Crippen molar-refractivity contribution < 1.29 is 14.7 Å². The first-order valence-electron chi connectivity index (χ1n) is 10.3. The Balaban J connectivity index is 1.61. The molecule has 1 atom stereocenters. The summed E-state index contributed by atoms with van der Waals surface area (Å²) in [6.07, 6.45) is 3.66. The van der Waals surface area contributed by atoms with Gasteiger partial charge in [0.05, 0.1) is 10.4 Å². The second-order valence-corrected chi connectivity index (χ2v) is 9.61. The third kappa shape index (κ3) is 6.23. The number of aromatic nitrogens is 2. The lowest BCUT2D eigenvalue weighted by Crippen LogP contribution is -2.34. The molecule has 0 radical (unpaired) electrons. The Morgan fingerprint density at radius 3 is 2.12 bits per heavy atom. The quantitative estimate of drug-likeness (QED) is 0.487. The molecular weight excluding hydrogens is 470 g/mol. The van der Waals surface area contributed by atoms with E-state index in [4.69, 9.17) is 0 Å². The van der Waals surface area contributed by atoms with Crippen LogP contribution in [0, 0.1) is 5.92 Å². The van der Waals surface area contributed by atoms with Crippen LogP contribution in [0.4, 0.5) is 0 Å². The summed E-state index contributed by atoms with van der Waals surface area (Å²) in [4.78, 5) is 32.8. The van der Waals surface area contributed by atoms with Crippen LogP contribution >= 0.6 is 15.9 Å². The molecule has 0 saturated heterocycles. The first-order valence-corrected chi connectivity index (χ1v) is 11.1. The Hall–Kier alpha value is -3.06. The number of hydrogen-bond donors (Lipinski definition) is 2. The summed E-state index contributed by atoms with van der Waals surface area (Å²) >= 11 is 3.31. The van der Waals surface area contributed by atoms with Gasteiger partial charge in [-0.1, -0.05) is 57.2 Å². The van der Waals surface area contributed by atoms with Gasteiger partial charge in [-0.2, -0.15) is 0 Å². The van der Waals surface area contributed by atoms with Gasteiger partial charge in [0.25, 0.3) is 5.91 Å². The van der Waals surface area contributed by atoms with E-state index >= 15 is 0 Å². The van der Waals surface area contributed by atoms with Gasteiger partial charge in [0, 0.05) is 30.1 Å². The summed E-state index contributed by atoms with van der Waals surface area (Å²) in [5, 5.41) is 12.4. The fourth-order valence-corrected chi connectivity index (χ4v) is 3.43. The molecule has 1 unspecified atom stereocenters. The zero-order valence-electron chi connectivity index (χ0n) is 18.3. The fraction of sp³-hybridized carbons (Fsp3) is 0.280. The van der Waals surface area contributed by atoms with Crippen molar-refractivity contribution in [2.45, 2.75) is 32.6 Å². The van der Waals surface area contributed by atoms with Crippen molar-refractivity contribution in [2.75, 3.05) is 6.54 Å². The predicted molar refractivity (Wildman–Crippen MR) is 127 cm³/mol. The highest BCUT2D eigenvalue weighted by Gasteiger charge is 2.20. The number of carboxylic acids is 1. The topological polar surface area (TPSA) is 92.2 Å². The summed E-state index contributed by atoms with van der Waals surface area (Å²) in [7, 11) is 0. The smallest absolute Gasteiger partial charge is 0.308 e. The summed E-state index contributed by atoms with van der Waals surface area (Å²) in [5.41, 5.74) is 3.36. The van der Waals surface area contributed by atoms with Gasteiger partial charge in [-0.05, 0) is 51.0 Å². The van der Waals surface area contributed by atoms with E-state index in [-0.39, 0.29) is 17.9 Å². The molecule has 0 aliphatic carbocycles. The fourth-order valence-electron chi connectivity index (χ4n) is 3.22. The number of halogens is 1. The first kappa shape index (κ1) is 23.6. The van der Waals surface area contributed by atoms with Crippen LogP contribution in [0.3, 0.4) is 0 Å². The minimum absolute atomic E-state index is 0.00242. The van der Waals surface area contributed by atoms with Crippen molar-refractivity contribution in [3.05, 3.63) is 82.1 Å². The number of carboxylic acid groups (broad SMARTS) is 1. The highest BCUT2D eigenvalue weighted by Crippen LogP contribution is 2.22. The van der Waals surface area contributed by atoms with Crippen molar-refractivity contribution in [3.8, 4) is 11.4 Å². The zero-order chi connectivity index (χ0) is 23.3. The Morgan fingerprint density at radius 1 is 1.00 bits per heavy atom. The van der Waals surface area contributed by atoms with Crippen molar-refractivity contribution >= 4 is 27.8 Å². The second-order valence-electron chi connectivity index (χ2n) is 8.70. The number of carbonyl (C=O) groups excluding carboxylic acids is 1. The van der Waals surface area contributed by atoms with E-state index < -0.39 is 11.9 Å². The first-order chi connectivity index (χ1) is 15.1. The number of nitrogens with one attached hydrogen (secondary N) is 1. The van der Waals surface area contributed by atoms with Crippen LogP contribution in [0.5, 0.6) is 0 Å². The molecule has 2 N–H and O–H groups in total. The molecular formula is C25H26BrN3O3. The largest absolute Gasteiger partial charge is 0.481 e. The number of aliphatic carboxylic acids is 1. The van der Waals surface area contributed by atoms with Gasteiger partial charge in [-0.25, -0.2) is 9.97 Å². The summed E-state index contributed by atoms with van der Waals surface area (Å²) in [6, 6.07) is 14.9. The van der Waals surface area contributed by atoms with Crippen molar-refractivity contribution in [3.63, 3.8) is 0 Å². The van der Waals surface area contributed by atoms with Gasteiger partial charge < -0.3 is 10.4 Å². The van der Waals surface area contributed by atoms with Crippen LogP contribution in [0.1, 0.15) is 42.3 Å². The lowest BCUT2D eigenvalue weighted by atomic mass is 9.86. The van der Waals surface area contributed by atoms with Crippen molar-refractivity contribution in [2.24, 2.45) is 5.92 Å². The summed E-state index contributed by atoms with van der Waals surface area (Å²) in [6.45, 7) is 6.38. The van der Waals surface area contributed by atoms with Gasteiger partial charge >= 0.3 is 5.97 Å². The summed E-state index contributed by atoms with van der Waals surface area (Å²) < 4.78 is 0.800. The predicted octanol–water partition coefficient (Wildman–Crippen LogP) is 4.88. The number of hydrogen-bond acceptors (Lipinski definition) is 4. The van der Waals surface area contributed by atoms with Gasteiger partial charge in [0.2, 0.25) is 0 Å². The Morgan fingerprint density at radius 2 is 1.59 bits per heavy atom. The molecule has 32 heavy (non-hydrogen) atoms. The molecule has 0 aliphatic heterocycles. The average molecular weight is 496 g/mol. The molecule has 7 heteroatoms. The van der Waals surface area contributed by atoms with E-state index in [1.54, 1.807) is 24.5 Å². The number of nitrogens with zero attached hydrogens (tertiary/aromatic N) is 2. The monoisotopic (exact) mass is 495 g/mol. The molecule has 166 valence electrons. The van der Waals surface area contributed by atoms with Crippen LogP contribution in [0.2, 0.25) is 0 Å². The zero-order valence-corrected chi connectivity index (χ0v) is 19.9. The van der Waals surface area contributed by atoms with E-state index in [1.165, 1.54) is 0 Å². The standard InChI is InChI=1S/C25H26BrN3O3/c1-25(2,3)20-10-8-18(9-11-20)23(30)29-13-19(24(31)32)12-16-4-6-17(7-5-16)22-27-14-21(26)15-28-22/h4-11,14-15,19H,12-13H2,1-3H3,(H,29,30)(H,31,32). The van der Waals surface area contributed by atoms with E-state index in [9.17, 15) is 14.7 Å². The highest BCUT2D eigenvalue weighted by atomic mass is 79.9. The SMILES string of the molecule is CC(C)(C)c1ccc(C(=O)NCC(Cc2ccc(-c3ncc(Br)cn3)cc2)C(=O)O)cc1. The molecule has 0 aliphatic rings. The van der Waals surface area contributed by atoms with Crippen molar-refractivity contribution in [1.29, 1.82) is 0 Å². The lowest BCUT2D eigenvalue weighted by Gasteiger charge is -2.19. The molecule has 3 aromatic rings. The van der Waals surface area contributed by atoms with Crippen LogP contribution in [-0.4, -0.2) is 33.5 Å². The second kappa shape index (κ2) is 10.0. The van der Waals surface area contributed by atoms with Crippen LogP contribution in [-0.2, 0) is 16.6 Å².